The number of unbranched alkanes of at least 4 members (excludes halogenated alkanes) is 9. The van der Waals surface area contributed by atoms with E-state index >= 15 is 0 Å². The Kier molecular flexibility index (Phi) is 17.7. The molecule has 0 aliphatic heterocycles. The van der Waals surface area contributed by atoms with Gasteiger partial charge in [0.2, 0.25) is 0 Å². The molecule has 23 heavy (non-hydrogen) atoms. The number of hydrogen-bond donors (Lipinski definition) is 1. The number of rotatable bonds is 17. The Hall–Kier alpha value is -0.340. The van der Waals surface area contributed by atoms with Gasteiger partial charge in [-0.15, -0.1) is 0 Å². The highest BCUT2D eigenvalue weighted by Gasteiger charge is 2.08. The summed E-state index contributed by atoms with van der Waals surface area (Å²) in [4.78, 5) is 0. The van der Waals surface area contributed by atoms with Crippen molar-refractivity contribution in [2.75, 3.05) is 6.61 Å². The Balaban J connectivity index is 3.76. The van der Waals surface area contributed by atoms with Crippen LogP contribution in [0.25, 0.3) is 0 Å². The van der Waals surface area contributed by atoms with Crippen LogP contribution in [-0.2, 0) is 4.74 Å². The number of aliphatic hydroxyl groups is 1. The Bertz CT molecular complexity index is 248. The van der Waals surface area contributed by atoms with E-state index in [1.807, 2.05) is 0 Å². The summed E-state index contributed by atoms with van der Waals surface area (Å²) in [6.45, 7) is 8.37. The van der Waals surface area contributed by atoms with Gasteiger partial charge in [-0.2, -0.15) is 0 Å². The summed E-state index contributed by atoms with van der Waals surface area (Å²) in [7, 11) is 0. The van der Waals surface area contributed by atoms with Crippen LogP contribution in [0.4, 0.5) is 0 Å². The van der Waals surface area contributed by atoms with Gasteiger partial charge in [0.05, 0.1) is 18.8 Å². The highest BCUT2D eigenvalue weighted by Crippen LogP contribution is 2.13. The fourth-order valence-electron chi connectivity index (χ4n) is 2.68. The summed E-state index contributed by atoms with van der Waals surface area (Å²) in [6, 6.07) is 0. The predicted octanol–water partition coefficient (Wildman–Crippen LogP) is 6.23. The van der Waals surface area contributed by atoms with Gasteiger partial charge in [0.15, 0.2) is 0 Å². The molecule has 2 unspecified atom stereocenters. The average Bonchev–Trinajstić information content (AvgIpc) is 2.54. The molecule has 0 fully saturated rings. The molecule has 0 heterocycles. The number of ether oxygens (including phenoxy) is 1. The molecule has 2 nitrogen and oxygen atoms in total. The molecule has 2 atom stereocenters. The fraction of sp³-hybridized carbons (Fsp3) is 0.857. The van der Waals surface area contributed by atoms with Crippen LogP contribution in [0.5, 0.6) is 0 Å². The van der Waals surface area contributed by atoms with Gasteiger partial charge in [-0.3, -0.25) is 0 Å². The summed E-state index contributed by atoms with van der Waals surface area (Å²) in [6.07, 6.45) is 20.6. The average molecular weight is 326 g/mol. The summed E-state index contributed by atoms with van der Waals surface area (Å²) in [5, 5.41) is 9.39. The minimum atomic E-state index is -0.365. The van der Waals surface area contributed by atoms with E-state index in [1.54, 1.807) is 6.92 Å². The van der Waals surface area contributed by atoms with Crippen LogP contribution in [0.15, 0.2) is 12.2 Å². The second kappa shape index (κ2) is 18.0. The second-order valence-electron chi connectivity index (χ2n) is 6.77. The number of hydrogen-bond acceptors (Lipinski definition) is 2. The van der Waals surface area contributed by atoms with Crippen molar-refractivity contribution >= 4 is 0 Å². The Morgan fingerprint density at radius 3 is 2.35 bits per heavy atom. The summed E-state index contributed by atoms with van der Waals surface area (Å²) >= 11 is 0. The first-order valence-corrected chi connectivity index (χ1v) is 9.94. The molecule has 0 saturated heterocycles. The van der Waals surface area contributed by atoms with Gasteiger partial charge < -0.3 is 9.84 Å². The van der Waals surface area contributed by atoms with E-state index < -0.39 is 0 Å². The third-order valence-electron chi connectivity index (χ3n) is 4.14. The maximum Gasteiger partial charge on any atom is 0.0745 e. The van der Waals surface area contributed by atoms with Crippen LogP contribution in [0, 0.1) is 6.92 Å². The van der Waals surface area contributed by atoms with Crippen molar-refractivity contribution in [2.45, 2.75) is 110 Å². The predicted molar refractivity (Wildman–Crippen MR) is 102 cm³/mol. The highest BCUT2D eigenvalue weighted by atomic mass is 16.5. The third-order valence-corrected chi connectivity index (χ3v) is 4.14. The molecule has 0 rings (SSSR count). The zero-order valence-corrected chi connectivity index (χ0v) is 15.8. The molecule has 0 bridgehead atoms. The molecule has 1 radical (unpaired) electrons. The molecule has 0 amide bonds. The van der Waals surface area contributed by atoms with Crippen molar-refractivity contribution in [1.29, 1.82) is 0 Å². The smallest absolute Gasteiger partial charge is 0.0745 e. The van der Waals surface area contributed by atoms with E-state index in [2.05, 4.69) is 26.0 Å². The van der Waals surface area contributed by atoms with Crippen LogP contribution in [0.3, 0.4) is 0 Å². The van der Waals surface area contributed by atoms with Crippen LogP contribution in [-0.4, -0.2) is 23.9 Å². The molecule has 0 saturated carbocycles. The van der Waals surface area contributed by atoms with Gasteiger partial charge in [-0.1, -0.05) is 83.8 Å². The highest BCUT2D eigenvalue weighted by molar-refractivity contribution is 4.84. The summed E-state index contributed by atoms with van der Waals surface area (Å²) in [5.74, 6) is 0. The summed E-state index contributed by atoms with van der Waals surface area (Å²) < 4.78 is 5.85. The van der Waals surface area contributed by atoms with Crippen LogP contribution in [0.1, 0.15) is 97.3 Å². The molecule has 0 aliphatic carbocycles. The van der Waals surface area contributed by atoms with E-state index in [-0.39, 0.29) is 12.2 Å². The largest absolute Gasteiger partial charge is 0.391 e. The molecule has 2 heteroatoms. The molecule has 0 aromatic rings. The molecular formula is C21H41O2. The van der Waals surface area contributed by atoms with Crippen molar-refractivity contribution in [3.05, 3.63) is 19.1 Å². The lowest BCUT2D eigenvalue weighted by molar-refractivity contribution is -0.00577. The lowest BCUT2D eigenvalue weighted by atomic mass is 10.1. The quantitative estimate of drug-likeness (QED) is 0.253. The van der Waals surface area contributed by atoms with Crippen LogP contribution in [0.2, 0.25) is 0 Å². The van der Waals surface area contributed by atoms with Gasteiger partial charge in [0, 0.05) is 0 Å². The van der Waals surface area contributed by atoms with E-state index in [9.17, 15) is 5.11 Å². The van der Waals surface area contributed by atoms with E-state index in [1.165, 1.54) is 64.2 Å². The minimum absolute atomic E-state index is 0.273. The van der Waals surface area contributed by atoms with E-state index in [0.717, 1.165) is 19.3 Å². The first kappa shape index (κ1) is 22.7. The molecule has 0 aromatic carbocycles. The van der Waals surface area contributed by atoms with Crippen LogP contribution < -0.4 is 0 Å². The molecule has 1 N–H and O–H groups in total. The third kappa shape index (κ3) is 17.8. The SMILES string of the molecule is [CH2]CCCCCCC/C=C\CC(CCCCCC)OCC(C)O. The van der Waals surface area contributed by atoms with Crippen molar-refractivity contribution in [2.24, 2.45) is 0 Å². The van der Waals surface area contributed by atoms with Gasteiger partial charge in [0.25, 0.3) is 0 Å². The zero-order chi connectivity index (χ0) is 17.2. The first-order chi connectivity index (χ1) is 11.2. The Labute approximate surface area is 145 Å². The maximum atomic E-state index is 9.39. The molecule has 0 aromatic heterocycles. The second-order valence-corrected chi connectivity index (χ2v) is 6.77. The van der Waals surface area contributed by atoms with Gasteiger partial charge in [-0.05, 0) is 32.6 Å². The normalized spacial score (nSPS) is 14.4. The van der Waals surface area contributed by atoms with Crippen molar-refractivity contribution < 1.29 is 9.84 Å². The van der Waals surface area contributed by atoms with Gasteiger partial charge in [0.1, 0.15) is 0 Å². The topological polar surface area (TPSA) is 29.5 Å². The van der Waals surface area contributed by atoms with Gasteiger partial charge >= 0.3 is 0 Å². The zero-order valence-electron chi connectivity index (χ0n) is 15.8. The van der Waals surface area contributed by atoms with Crippen molar-refractivity contribution in [1.82, 2.24) is 0 Å². The fourth-order valence-corrected chi connectivity index (χ4v) is 2.68. The molecule has 0 aliphatic rings. The number of aliphatic hydroxyl groups excluding tert-OH is 1. The van der Waals surface area contributed by atoms with Crippen molar-refractivity contribution in [3.63, 3.8) is 0 Å². The van der Waals surface area contributed by atoms with Gasteiger partial charge in [-0.25, -0.2) is 0 Å². The van der Waals surface area contributed by atoms with Crippen molar-refractivity contribution in [3.8, 4) is 0 Å². The minimum Gasteiger partial charge on any atom is -0.391 e. The lowest BCUT2D eigenvalue weighted by Gasteiger charge is -2.17. The molecular weight excluding hydrogens is 284 g/mol. The maximum absolute atomic E-state index is 9.39. The Morgan fingerprint density at radius 1 is 0.957 bits per heavy atom. The standard InChI is InChI=1S/C21H41O2/c1-4-6-8-10-11-12-13-14-16-18-21(23-19-20(3)22)17-15-9-7-5-2/h14,16,20-22H,1,4-13,15,17-19H2,2-3H3/b16-14-. The summed E-state index contributed by atoms with van der Waals surface area (Å²) in [5.41, 5.74) is 0. The van der Waals surface area contributed by atoms with Crippen LogP contribution >= 0.6 is 0 Å². The number of allylic oxidation sites excluding steroid dienone is 1. The van der Waals surface area contributed by atoms with E-state index in [4.69, 9.17) is 4.74 Å². The Morgan fingerprint density at radius 2 is 1.65 bits per heavy atom. The monoisotopic (exact) mass is 325 g/mol. The first-order valence-electron chi connectivity index (χ1n) is 9.94. The molecule has 137 valence electrons. The lowest BCUT2D eigenvalue weighted by Crippen LogP contribution is -2.19. The van der Waals surface area contributed by atoms with E-state index in [0.29, 0.717) is 6.61 Å². The molecule has 0 spiro atoms.